The number of hydrogen-bond acceptors (Lipinski definition) is 6. The second-order valence-corrected chi connectivity index (χ2v) is 9.08. The minimum absolute atomic E-state index is 0.0720. The summed E-state index contributed by atoms with van der Waals surface area (Å²) in [6.07, 6.45) is 1.13. The maximum Gasteiger partial charge on any atom is 0.231 e. The summed E-state index contributed by atoms with van der Waals surface area (Å²) in [5, 5.41) is 7.65. The molecule has 3 aliphatic rings. The van der Waals surface area contributed by atoms with Gasteiger partial charge in [0, 0.05) is 29.3 Å². The predicted molar refractivity (Wildman–Crippen MR) is 131 cm³/mol. The number of methoxy groups -OCH3 is 1. The lowest BCUT2D eigenvalue weighted by Gasteiger charge is -2.30. The molecule has 3 aromatic rings. The summed E-state index contributed by atoms with van der Waals surface area (Å²) >= 11 is 6.71. The quantitative estimate of drug-likeness (QED) is 0.481. The summed E-state index contributed by atoms with van der Waals surface area (Å²) in [4.78, 5) is 13.7. The fourth-order valence-electron chi connectivity index (χ4n) is 4.99. The molecule has 0 bridgehead atoms. The number of ether oxygens (including phenoxy) is 3. The molecule has 2 N–H and O–H groups in total. The average molecular weight is 475 g/mol. The standard InChI is InChI=1S/C27H23ClN2O4/c1-32-17-8-6-15(7-9-17)16-10-22-26(23(31)11-16)27(30-21-5-3-2-4-20(21)29-22)18-12-24-25(13-19(18)28)34-14-33-24/h2-9,12-13,16,27,29-30H,10-11,14H2,1H3/t16-,27-/m1/s1. The topological polar surface area (TPSA) is 68.8 Å². The van der Waals surface area contributed by atoms with E-state index in [1.54, 1.807) is 13.2 Å². The first-order valence-electron chi connectivity index (χ1n) is 11.2. The molecule has 0 amide bonds. The molecule has 6 nitrogen and oxygen atoms in total. The molecule has 0 radical (unpaired) electrons. The molecule has 1 aliphatic carbocycles. The number of allylic oxidation sites excluding steroid dienone is 1. The second kappa shape index (κ2) is 8.29. The summed E-state index contributed by atoms with van der Waals surface area (Å²) in [5.41, 5.74) is 5.36. The number of fused-ring (bicyclic) bond motifs is 2. The Hall–Kier alpha value is -3.64. The van der Waals surface area contributed by atoms with Crippen molar-refractivity contribution < 1.29 is 19.0 Å². The molecule has 34 heavy (non-hydrogen) atoms. The van der Waals surface area contributed by atoms with Gasteiger partial charge in [0.1, 0.15) is 5.75 Å². The van der Waals surface area contributed by atoms with Gasteiger partial charge in [0.15, 0.2) is 17.3 Å². The Morgan fingerprint density at radius 1 is 0.971 bits per heavy atom. The fraction of sp³-hybridized carbons (Fsp3) is 0.222. The van der Waals surface area contributed by atoms with E-state index >= 15 is 0 Å². The van der Waals surface area contributed by atoms with Crippen molar-refractivity contribution in [3.05, 3.63) is 88.1 Å². The van der Waals surface area contributed by atoms with Crippen LogP contribution >= 0.6 is 11.6 Å². The first kappa shape index (κ1) is 20.9. The number of para-hydroxylation sites is 2. The SMILES string of the molecule is COc1ccc([C@H]2CC(=O)C3=C(C2)Nc2ccccc2N[C@@H]3c2cc3c(cc2Cl)OCO3)cc1. The van der Waals surface area contributed by atoms with Crippen LogP contribution in [-0.2, 0) is 4.79 Å². The van der Waals surface area contributed by atoms with Gasteiger partial charge >= 0.3 is 0 Å². The van der Waals surface area contributed by atoms with Crippen molar-refractivity contribution in [2.75, 3.05) is 24.5 Å². The van der Waals surface area contributed by atoms with Gasteiger partial charge < -0.3 is 24.8 Å². The molecule has 0 saturated carbocycles. The van der Waals surface area contributed by atoms with Gasteiger partial charge in [-0.05, 0) is 48.2 Å². The van der Waals surface area contributed by atoms with Crippen molar-refractivity contribution in [2.45, 2.75) is 24.8 Å². The molecule has 3 aromatic carbocycles. The van der Waals surface area contributed by atoms with Crippen LogP contribution < -0.4 is 24.8 Å². The van der Waals surface area contributed by atoms with Crippen molar-refractivity contribution in [1.82, 2.24) is 0 Å². The zero-order chi connectivity index (χ0) is 23.2. The first-order valence-corrected chi connectivity index (χ1v) is 11.6. The third-order valence-corrected chi connectivity index (χ3v) is 7.03. The van der Waals surface area contributed by atoms with Gasteiger partial charge in [-0.2, -0.15) is 0 Å². The van der Waals surface area contributed by atoms with Gasteiger partial charge in [0.25, 0.3) is 0 Å². The summed E-state index contributed by atoms with van der Waals surface area (Å²) in [5.74, 6) is 2.21. The molecule has 6 rings (SSSR count). The molecule has 2 atom stereocenters. The lowest BCUT2D eigenvalue weighted by atomic mass is 9.78. The summed E-state index contributed by atoms with van der Waals surface area (Å²) in [6.45, 7) is 0.161. The molecule has 0 aromatic heterocycles. The number of carbonyl (C=O) groups is 1. The Bertz CT molecular complexity index is 1320. The monoisotopic (exact) mass is 474 g/mol. The van der Waals surface area contributed by atoms with Gasteiger partial charge in [0.2, 0.25) is 6.79 Å². The van der Waals surface area contributed by atoms with Crippen LogP contribution in [0.1, 0.15) is 35.9 Å². The molecule has 0 fully saturated rings. The number of Topliss-reactive ketones (excluding diaryl/α,β-unsaturated/α-hetero) is 1. The fourth-order valence-corrected chi connectivity index (χ4v) is 5.25. The van der Waals surface area contributed by atoms with E-state index in [2.05, 4.69) is 10.6 Å². The summed E-state index contributed by atoms with van der Waals surface area (Å²) in [7, 11) is 1.65. The minimum atomic E-state index is -0.419. The zero-order valence-corrected chi connectivity index (χ0v) is 19.3. The van der Waals surface area contributed by atoms with Crippen molar-refractivity contribution in [3.8, 4) is 17.2 Å². The number of anilines is 2. The van der Waals surface area contributed by atoms with Crippen LogP contribution in [0.25, 0.3) is 0 Å². The van der Waals surface area contributed by atoms with Crippen molar-refractivity contribution in [3.63, 3.8) is 0 Å². The largest absolute Gasteiger partial charge is 0.497 e. The van der Waals surface area contributed by atoms with Gasteiger partial charge in [-0.15, -0.1) is 0 Å². The van der Waals surface area contributed by atoms with Crippen LogP contribution in [0.3, 0.4) is 0 Å². The molecule has 2 heterocycles. The average Bonchev–Trinajstić information content (AvgIpc) is 3.23. The molecular weight excluding hydrogens is 452 g/mol. The Kier molecular flexibility index (Phi) is 5.11. The van der Waals surface area contributed by atoms with Crippen LogP contribution in [-0.4, -0.2) is 19.7 Å². The third kappa shape index (κ3) is 3.55. The van der Waals surface area contributed by atoms with Crippen LogP contribution in [0.5, 0.6) is 17.2 Å². The second-order valence-electron chi connectivity index (χ2n) is 8.67. The number of halogens is 1. The maximum atomic E-state index is 13.7. The van der Waals surface area contributed by atoms with Crippen LogP contribution in [0.4, 0.5) is 11.4 Å². The first-order chi connectivity index (χ1) is 16.6. The highest BCUT2D eigenvalue weighted by Crippen LogP contribution is 2.47. The van der Waals surface area contributed by atoms with E-state index in [-0.39, 0.29) is 18.5 Å². The van der Waals surface area contributed by atoms with Gasteiger partial charge in [-0.25, -0.2) is 0 Å². The lowest BCUT2D eigenvalue weighted by Crippen LogP contribution is -2.27. The third-order valence-electron chi connectivity index (χ3n) is 6.70. The molecular formula is C27H23ClN2O4. The van der Waals surface area contributed by atoms with E-state index in [0.717, 1.165) is 33.9 Å². The van der Waals surface area contributed by atoms with Crippen LogP contribution in [0.2, 0.25) is 5.02 Å². The van der Waals surface area contributed by atoms with Crippen molar-refractivity contribution >= 4 is 28.8 Å². The highest BCUT2D eigenvalue weighted by atomic mass is 35.5. The number of hydrogen-bond donors (Lipinski definition) is 2. The van der Waals surface area contributed by atoms with E-state index in [1.165, 1.54) is 0 Å². The van der Waals surface area contributed by atoms with Crippen molar-refractivity contribution in [1.29, 1.82) is 0 Å². The molecule has 7 heteroatoms. The van der Waals surface area contributed by atoms with Crippen LogP contribution in [0.15, 0.2) is 71.9 Å². The summed E-state index contributed by atoms with van der Waals surface area (Å²) < 4.78 is 16.4. The van der Waals surface area contributed by atoms with Crippen molar-refractivity contribution in [2.24, 2.45) is 0 Å². The van der Waals surface area contributed by atoms with Gasteiger partial charge in [-0.3, -0.25) is 4.79 Å². The number of benzene rings is 3. The Labute approximate surface area is 202 Å². The number of carbonyl (C=O) groups excluding carboxylic acids is 1. The highest BCUT2D eigenvalue weighted by molar-refractivity contribution is 6.31. The molecule has 2 aliphatic heterocycles. The van der Waals surface area contributed by atoms with Crippen LogP contribution in [0, 0.1) is 0 Å². The van der Waals surface area contributed by atoms with E-state index in [0.29, 0.717) is 34.9 Å². The Morgan fingerprint density at radius 2 is 1.71 bits per heavy atom. The zero-order valence-electron chi connectivity index (χ0n) is 18.6. The normalized spacial score (nSPS) is 20.6. The molecule has 0 saturated heterocycles. The number of rotatable bonds is 3. The smallest absolute Gasteiger partial charge is 0.231 e. The lowest BCUT2D eigenvalue weighted by molar-refractivity contribution is -0.116. The number of nitrogens with one attached hydrogen (secondary N) is 2. The van der Waals surface area contributed by atoms with Gasteiger partial charge in [-0.1, -0.05) is 35.9 Å². The molecule has 0 spiro atoms. The van der Waals surface area contributed by atoms with E-state index < -0.39 is 6.04 Å². The Balaban J connectivity index is 1.45. The summed E-state index contributed by atoms with van der Waals surface area (Å²) in [6, 6.07) is 19.1. The highest BCUT2D eigenvalue weighted by Gasteiger charge is 2.37. The molecule has 172 valence electrons. The number of ketones is 1. The van der Waals surface area contributed by atoms with E-state index in [1.807, 2.05) is 54.6 Å². The Morgan fingerprint density at radius 3 is 2.47 bits per heavy atom. The minimum Gasteiger partial charge on any atom is -0.497 e. The predicted octanol–water partition coefficient (Wildman–Crippen LogP) is 6.06. The molecule has 0 unspecified atom stereocenters. The van der Waals surface area contributed by atoms with E-state index in [9.17, 15) is 4.79 Å². The maximum absolute atomic E-state index is 13.7. The van der Waals surface area contributed by atoms with E-state index in [4.69, 9.17) is 25.8 Å². The van der Waals surface area contributed by atoms with Gasteiger partial charge in [0.05, 0.1) is 29.5 Å².